The van der Waals surface area contributed by atoms with Gasteiger partial charge in [0.05, 0.1) is 12.8 Å². The maximum atomic E-state index is 13.9. The molecule has 0 unspecified atom stereocenters. The van der Waals surface area contributed by atoms with Crippen LogP contribution in [-0.2, 0) is 0 Å². The summed E-state index contributed by atoms with van der Waals surface area (Å²) in [6.45, 7) is 9.18. The first-order chi connectivity index (χ1) is 9.21. The first-order valence-corrected chi connectivity index (χ1v) is 7.31. The lowest BCUT2D eigenvalue weighted by molar-refractivity contribution is 0.105. The van der Waals surface area contributed by atoms with Crippen molar-refractivity contribution in [1.82, 2.24) is 0 Å². The minimum absolute atomic E-state index is 0.216. The smallest absolute Gasteiger partial charge is 0.146 e. The number of hydrogen-bond donors (Lipinski definition) is 1. The normalized spacial score (nSPS) is 21.5. The molecule has 0 amide bonds. The van der Waals surface area contributed by atoms with Crippen molar-refractivity contribution in [3.05, 3.63) is 24.0 Å². The Morgan fingerprint density at radius 2 is 1.75 bits per heavy atom. The standard InChI is InChI=1S/C17H26FNO/c1-16(2)9-12(10-17(3,4)11-16)19-15-8-13(20-5)6-7-14(15)18/h6-8,12,19H,9-11H2,1-5H3. The van der Waals surface area contributed by atoms with Crippen LogP contribution in [0.4, 0.5) is 10.1 Å². The summed E-state index contributed by atoms with van der Waals surface area (Å²) in [6, 6.07) is 5.15. The third-order valence-corrected chi connectivity index (χ3v) is 4.09. The van der Waals surface area contributed by atoms with Crippen LogP contribution in [0.15, 0.2) is 18.2 Å². The van der Waals surface area contributed by atoms with E-state index in [9.17, 15) is 4.39 Å². The zero-order valence-electron chi connectivity index (χ0n) is 13.2. The Morgan fingerprint density at radius 1 is 1.15 bits per heavy atom. The van der Waals surface area contributed by atoms with Gasteiger partial charge in [-0.2, -0.15) is 0 Å². The summed E-state index contributed by atoms with van der Waals surface area (Å²) >= 11 is 0. The maximum Gasteiger partial charge on any atom is 0.146 e. The second kappa shape index (κ2) is 5.27. The van der Waals surface area contributed by atoms with Crippen molar-refractivity contribution in [3.63, 3.8) is 0 Å². The molecule has 0 saturated heterocycles. The van der Waals surface area contributed by atoms with Gasteiger partial charge in [-0.1, -0.05) is 27.7 Å². The molecule has 1 aromatic rings. The average Bonchev–Trinajstić information content (AvgIpc) is 2.28. The summed E-state index contributed by atoms with van der Waals surface area (Å²) in [7, 11) is 1.60. The van der Waals surface area contributed by atoms with Crippen LogP contribution >= 0.6 is 0 Å². The molecule has 3 heteroatoms. The summed E-state index contributed by atoms with van der Waals surface area (Å²) in [5.74, 6) is 0.468. The highest BCUT2D eigenvalue weighted by Crippen LogP contribution is 2.46. The summed E-state index contributed by atoms with van der Waals surface area (Å²) in [6.07, 6.45) is 3.33. The lowest BCUT2D eigenvalue weighted by Gasteiger charge is -2.45. The van der Waals surface area contributed by atoms with Crippen molar-refractivity contribution < 1.29 is 9.13 Å². The van der Waals surface area contributed by atoms with Gasteiger partial charge in [0.15, 0.2) is 0 Å². The molecule has 0 aromatic heterocycles. The average molecular weight is 279 g/mol. The lowest BCUT2D eigenvalue weighted by atomic mass is 9.63. The van der Waals surface area contributed by atoms with Gasteiger partial charge in [-0.05, 0) is 42.2 Å². The van der Waals surface area contributed by atoms with Gasteiger partial charge in [0, 0.05) is 12.1 Å². The van der Waals surface area contributed by atoms with Crippen LogP contribution < -0.4 is 10.1 Å². The van der Waals surface area contributed by atoms with Gasteiger partial charge >= 0.3 is 0 Å². The molecule has 1 aromatic carbocycles. The molecule has 2 rings (SSSR count). The molecule has 0 bridgehead atoms. The van der Waals surface area contributed by atoms with Crippen LogP contribution in [0.2, 0.25) is 0 Å². The molecule has 1 fully saturated rings. The van der Waals surface area contributed by atoms with E-state index >= 15 is 0 Å². The Morgan fingerprint density at radius 3 is 2.30 bits per heavy atom. The van der Waals surface area contributed by atoms with E-state index < -0.39 is 0 Å². The van der Waals surface area contributed by atoms with E-state index in [2.05, 4.69) is 33.0 Å². The van der Waals surface area contributed by atoms with Gasteiger partial charge in [-0.3, -0.25) is 0 Å². The number of methoxy groups -OCH3 is 1. The van der Waals surface area contributed by atoms with Gasteiger partial charge in [-0.15, -0.1) is 0 Å². The number of ether oxygens (including phenoxy) is 1. The van der Waals surface area contributed by atoms with Crippen molar-refractivity contribution in [3.8, 4) is 5.75 Å². The highest BCUT2D eigenvalue weighted by Gasteiger charge is 2.38. The molecule has 1 N–H and O–H groups in total. The fourth-order valence-corrected chi connectivity index (χ4v) is 3.91. The second-order valence-electron chi connectivity index (χ2n) is 7.60. The summed E-state index contributed by atoms with van der Waals surface area (Å²) in [4.78, 5) is 0. The van der Waals surface area contributed by atoms with Crippen LogP contribution in [0.25, 0.3) is 0 Å². The highest BCUT2D eigenvalue weighted by molar-refractivity contribution is 5.50. The predicted molar refractivity (Wildman–Crippen MR) is 81.8 cm³/mol. The SMILES string of the molecule is COc1ccc(F)c(NC2CC(C)(C)CC(C)(C)C2)c1. The highest BCUT2D eigenvalue weighted by atomic mass is 19.1. The van der Waals surface area contributed by atoms with E-state index in [-0.39, 0.29) is 16.6 Å². The number of halogens is 1. The monoisotopic (exact) mass is 279 g/mol. The van der Waals surface area contributed by atoms with Crippen LogP contribution in [0.1, 0.15) is 47.0 Å². The zero-order chi connectivity index (χ0) is 15.0. The molecule has 1 saturated carbocycles. The largest absolute Gasteiger partial charge is 0.497 e. The van der Waals surface area contributed by atoms with Crippen LogP contribution in [0, 0.1) is 16.6 Å². The van der Waals surface area contributed by atoms with Crippen molar-refractivity contribution in [2.45, 2.75) is 53.0 Å². The molecule has 0 aliphatic heterocycles. The Hall–Kier alpha value is -1.25. The second-order valence-corrected chi connectivity index (χ2v) is 7.60. The molecule has 112 valence electrons. The Labute approximate surface area is 121 Å². The summed E-state index contributed by atoms with van der Waals surface area (Å²) in [5, 5.41) is 3.38. The Bertz CT molecular complexity index is 466. The van der Waals surface area contributed by atoms with Gasteiger partial charge in [0.2, 0.25) is 0 Å². The lowest BCUT2D eigenvalue weighted by Crippen LogP contribution is -2.40. The maximum absolute atomic E-state index is 13.9. The van der Waals surface area contributed by atoms with Gasteiger partial charge in [-0.25, -0.2) is 4.39 Å². The van der Waals surface area contributed by atoms with E-state index in [1.54, 1.807) is 19.2 Å². The predicted octanol–water partition coefficient (Wildman–Crippen LogP) is 4.85. The van der Waals surface area contributed by atoms with E-state index in [0.29, 0.717) is 17.5 Å². The number of benzene rings is 1. The third-order valence-electron chi connectivity index (χ3n) is 4.09. The number of anilines is 1. The minimum atomic E-state index is -0.216. The quantitative estimate of drug-likeness (QED) is 0.854. The molecular weight excluding hydrogens is 253 g/mol. The molecule has 2 nitrogen and oxygen atoms in total. The first kappa shape index (κ1) is 15.1. The van der Waals surface area contributed by atoms with E-state index in [0.717, 1.165) is 12.8 Å². The van der Waals surface area contributed by atoms with Crippen molar-refractivity contribution in [1.29, 1.82) is 0 Å². The first-order valence-electron chi connectivity index (χ1n) is 7.31. The minimum Gasteiger partial charge on any atom is -0.497 e. The number of nitrogens with one attached hydrogen (secondary N) is 1. The van der Waals surface area contributed by atoms with Gasteiger partial charge in [0.25, 0.3) is 0 Å². The fraction of sp³-hybridized carbons (Fsp3) is 0.647. The molecule has 1 aliphatic rings. The van der Waals surface area contributed by atoms with Gasteiger partial charge < -0.3 is 10.1 Å². The van der Waals surface area contributed by atoms with Crippen molar-refractivity contribution >= 4 is 5.69 Å². The van der Waals surface area contributed by atoms with Crippen molar-refractivity contribution in [2.24, 2.45) is 10.8 Å². The third kappa shape index (κ3) is 3.65. The number of hydrogen-bond acceptors (Lipinski definition) is 2. The van der Waals surface area contributed by atoms with Crippen LogP contribution in [0.5, 0.6) is 5.75 Å². The number of rotatable bonds is 3. The molecule has 0 radical (unpaired) electrons. The van der Waals surface area contributed by atoms with Crippen molar-refractivity contribution in [2.75, 3.05) is 12.4 Å². The van der Waals surface area contributed by atoms with E-state index in [1.807, 2.05) is 0 Å². The molecule has 20 heavy (non-hydrogen) atoms. The Kier molecular flexibility index (Phi) is 3.99. The molecule has 0 heterocycles. The molecular formula is C17H26FNO. The zero-order valence-corrected chi connectivity index (χ0v) is 13.2. The topological polar surface area (TPSA) is 21.3 Å². The van der Waals surface area contributed by atoms with Gasteiger partial charge in [0.1, 0.15) is 11.6 Å². The molecule has 1 aliphatic carbocycles. The van der Waals surface area contributed by atoms with Crippen LogP contribution in [0.3, 0.4) is 0 Å². The summed E-state index contributed by atoms with van der Waals surface area (Å²) < 4.78 is 19.1. The van der Waals surface area contributed by atoms with Crippen LogP contribution in [-0.4, -0.2) is 13.2 Å². The van der Waals surface area contributed by atoms with E-state index in [4.69, 9.17) is 4.74 Å². The molecule has 0 spiro atoms. The summed E-state index contributed by atoms with van der Waals surface area (Å²) in [5.41, 5.74) is 1.12. The van der Waals surface area contributed by atoms with E-state index in [1.165, 1.54) is 12.5 Å². The molecule has 0 atom stereocenters. The Balaban J connectivity index is 2.17. The fourth-order valence-electron chi connectivity index (χ4n) is 3.91.